The van der Waals surface area contributed by atoms with Crippen molar-refractivity contribution >= 4 is 27.7 Å². The third-order valence-electron chi connectivity index (χ3n) is 2.83. The summed E-state index contributed by atoms with van der Waals surface area (Å²) in [7, 11) is 1.84. The Labute approximate surface area is 122 Å². The molecule has 0 aliphatic heterocycles. The van der Waals surface area contributed by atoms with E-state index in [1.165, 1.54) is 0 Å². The van der Waals surface area contributed by atoms with Gasteiger partial charge in [0.1, 0.15) is 10.6 Å². The quantitative estimate of drug-likeness (QED) is 0.614. The highest BCUT2D eigenvalue weighted by Crippen LogP contribution is 2.25. The average Bonchev–Trinajstić information content (AvgIpc) is 2.40. The van der Waals surface area contributed by atoms with Gasteiger partial charge in [-0.3, -0.25) is 0 Å². The van der Waals surface area contributed by atoms with Crippen LogP contribution in [0.5, 0.6) is 0 Å². The van der Waals surface area contributed by atoms with E-state index in [-0.39, 0.29) is 0 Å². The maximum atomic E-state index is 9.02. The maximum Gasteiger partial charge on any atom is 0.110 e. The molecule has 1 heterocycles. The Morgan fingerprint density at radius 2 is 2.33 bits per heavy atom. The summed E-state index contributed by atoms with van der Waals surface area (Å²) in [6, 6.07) is 6.23. The van der Waals surface area contributed by atoms with Crippen molar-refractivity contribution in [1.29, 1.82) is 5.26 Å². The van der Waals surface area contributed by atoms with Gasteiger partial charge in [0.15, 0.2) is 0 Å². The monoisotopic (exact) mass is 327 g/mol. The number of thioether (sulfide) groups is 1. The number of pyridine rings is 1. The number of hydrogen-bond donors (Lipinski definition) is 1. The standard InChI is InChI=1S/C13H18BrN3S/c1-13(10-15,16-2)7-3-4-9-18-12-11(14)6-5-8-17-12/h5-6,8,16H,3-4,7,9H2,1-2H3. The van der Waals surface area contributed by atoms with E-state index in [0.717, 1.165) is 34.5 Å². The highest BCUT2D eigenvalue weighted by molar-refractivity contribution is 9.10. The lowest BCUT2D eigenvalue weighted by Gasteiger charge is -2.20. The molecule has 0 radical (unpaired) electrons. The molecule has 0 saturated heterocycles. The predicted octanol–water partition coefficient (Wildman–Crippen LogP) is 3.61. The summed E-state index contributed by atoms with van der Waals surface area (Å²) in [4.78, 5) is 4.31. The van der Waals surface area contributed by atoms with Crippen LogP contribution < -0.4 is 5.32 Å². The fourth-order valence-electron chi connectivity index (χ4n) is 1.46. The van der Waals surface area contributed by atoms with Crippen LogP contribution in [0.4, 0.5) is 0 Å². The van der Waals surface area contributed by atoms with E-state index in [4.69, 9.17) is 5.26 Å². The molecule has 18 heavy (non-hydrogen) atoms. The first-order valence-corrected chi connectivity index (χ1v) is 7.72. The number of aromatic nitrogens is 1. The fourth-order valence-corrected chi connectivity index (χ4v) is 2.95. The van der Waals surface area contributed by atoms with Crippen molar-refractivity contribution in [2.45, 2.75) is 36.8 Å². The van der Waals surface area contributed by atoms with Crippen LogP contribution in [0.1, 0.15) is 26.2 Å². The normalized spacial score (nSPS) is 13.9. The average molecular weight is 328 g/mol. The molecule has 98 valence electrons. The highest BCUT2D eigenvalue weighted by Gasteiger charge is 2.19. The number of halogens is 1. The number of nitrogens with zero attached hydrogens (tertiary/aromatic N) is 2. The second kappa shape index (κ2) is 7.78. The Morgan fingerprint density at radius 3 is 2.94 bits per heavy atom. The fraction of sp³-hybridized carbons (Fsp3) is 0.538. The van der Waals surface area contributed by atoms with Gasteiger partial charge < -0.3 is 5.32 Å². The lowest BCUT2D eigenvalue weighted by Crippen LogP contribution is -2.37. The van der Waals surface area contributed by atoms with Crippen molar-refractivity contribution < 1.29 is 0 Å². The van der Waals surface area contributed by atoms with E-state index < -0.39 is 5.54 Å². The summed E-state index contributed by atoms with van der Waals surface area (Å²) in [5, 5.41) is 13.1. The molecule has 0 aromatic carbocycles. The highest BCUT2D eigenvalue weighted by atomic mass is 79.9. The molecule has 1 rings (SSSR count). The van der Waals surface area contributed by atoms with Crippen molar-refractivity contribution in [3.63, 3.8) is 0 Å². The molecule has 5 heteroatoms. The van der Waals surface area contributed by atoms with Gasteiger partial charge in [0.25, 0.3) is 0 Å². The molecule has 0 fully saturated rings. The topological polar surface area (TPSA) is 48.7 Å². The SMILES string of the molecule is CNC(C)(C#N)CCCCSc1ncccc1Br. The maximum absolute atomic E-state index is 9.02. The van der Waals surface area contributed by atoms with Crippen LogP contribution in [-0.2, 0) is 0 Å². The van der Waals surface area contributed by atoms with Gasteiger partial charge >= 0.3 is 0 Å². The lowest BCUT2D eigenvalue weighted by atomic mass is 9.97. The third-order valence-corrected chi connectivity index (χ3v) is 4.83. The van der Waals surface area contributed by atoms with Crippen LogP contribution in [-0.4, -0.2) is 23.3 Å². The zero-order valence-electron chi connectivity index (χ0n) is 10.7. The summed E-state index contributed by atoms with van der Waals surface area (Å²) >= 11 is 5.23. The van der Waals surface area contributed by atoms with Gasteiger partial charge in [-0.15, -0.1) is 11.8 Å². The first kappa shape index (κ1) is 15.5. The minimum Gasteiger partial charge on any atom is -0.303 e. The Balaban J connectivity index is 2.24. The first-order valence-electron chi connectivity index (χ1n) is 5.95. The van der Waals surface area contributed by atoms with E-state index in [9.17, 15) is 0 Å². The van der Waals surface area contributed by atoms with Crippen molar-refractivity contribution in [3.05, 3.63) is 22.8 Å². The van der Waals surface area contributed by atoms with Gasteiger partial charge in [0, 0.05) is 10.7 Å². The first-order chi connectivity index (χ1) is 8.61. The van der Waals surface area contributed by atoms with Crippen molar-refractivity contribution in [2.75, 3.05) is 12.8 Å². The summed E-state index contributed by atoms with van der Waals surface area (Å²) < 4.78 is 1.05. The molecule has 1 N–H and O–H groups in total. The minimum absolute atomic E-state index is 0.393. The second-order valence-electron chi connectivity index (χ2n) is 4.29. The summed E-state index contributed by atoms with van der Waals surface area (Å²) in [6.07, 6.45) is 4.82. The van der Waals surface area contributed by atoms with Gasteiger partial charge in [-0.25, -0.2) is 4.98 Å². The largest absolute Gasteiger partial charge is 0.303 e. The molecule has 1 aromatic heterocycles. The zero-order valence-corrected chi connectivity index (χ0v) is 13.1. The van der Waals surface area contributed by atoms with Gasteiger partial charge in [-0.05, 0) is 67.0 Å². The van der Waals surface area contributed by atoms with Gasteiger partial charge in [-0.1, -0.05) is 0 Å². The van der Waals surface area contributed by atoms with E-state index in [0.29, 0.717) is 0 Å². The molecule has 0 saturated carbocycles. The van der Waals surface area contributed by atoms with Gasteiger partial charge in [0.05, 0.1) is 6.07 Å². The number of nitriles is 1. The van der Waals surface area contributed by atoms with Crippen LogP contribution in [0.2, 0.25) is 0 Å². The van der Waals surface area contributed by atoms with Gasteiger partial charge in [0.2, 0.25) is 0 Å². The van der Waals surface area contributed by atoms with Crippen LogP contribution in [0.3, 0.4) is 0 Å². The molecule has 0 amide bonds. The molecular formula is C13H18BrN3S. The number of nitrogens with one attached hydrogen (secondary N) is 1. The number of rotatable bonds is 7. The van der Waals surface area contributed by atoms with E-state index in [1.807, 2.05) is 26.1 Å². The van der Waals surface area contributed by atoms with Crippen molar-refractivity contribution in [1.82, 2.24) is 10.3 Å². The second-order valence-corrected chi connectivity index (χ2v) is 6.23. The van der Waals surface area contributed by atoms with E-state index >= 15 is 0 Å². The predicted molar refractivity (Wildman–Crippen MR) is 79.6 cm³/mol. The van der Waals surface area contributed by atoms with Gasteiger partial charge in [-0.2, -0.15) is 5.26 Å². The molecule has 3 nitrogen and oxygen atoms in total. The molecule has 1 unspecified atom stereocenters. The smallest absolute Gasteiger partial charge is 0.110 e. The molecule has 0 aliphatic carbocycles. The van der Waals surface area contributed by atoms with Crippen LogP contribution in [0, 0.1) is 11.3 Å². The summed E-state index contributed by atoms with van der Waals surface area (Å²) in [6.45, 7) is 1.94. The van der Waals surface area contributed by atoms with E-state index in [1.54, 1.807) is 18.0 Å². The molecule has 0 bridgehead atoms. The van der Waals surface area contributed by atoms with Crippen molar-refractivity contribution in [2.24, 2.45) is 0 Å². The molecule has 1 atom stereocenters. The number of unbranched alkanes of at least 4 members (excludes halogenated alkanes) is 1. The zero-order chi connectivity index (χ0) is 13.4. The Morgan fingerprint density at radius 1 is 1.56 bits per heavy atom. The Bertz CT molecular complexity index is 419. The number of hydrogen-bond acceptors (Lipinski definition) is 4. The third kappa shape index (κ3) is 4.97. The lowest BCUT2D eigenvalue weighted by molar-refractivity contribution is 0.439. The van der Waals surface area contributed by atoms with Crippen LogP contribution >= 0.6 is 27.7 Å². The van der Waals surface area contributed by atoms with Crippen molar-refractivity contribution in [3.8, 4) is 6.07 Å². The van der Waals surface area contributed by atoms with Crippen LogP contribution in [0.25, 0.3) is 0 Å². The Kier molecular flexibility index (Phi) is 6.69. The summed E-state index contributed by atoms with van der Waals surface area (Å²) in [5.41, 5.74) is -0.393. The molecule has 1 aromatic rings. The molecular weight excluding hydrogens is 310 g/mol. The molecule has 0 spiro atoms. The van der Waals surface area contributed by atoms with Crippen LogP contribution in [0.15, 0.2) is 27.8 Å². The minimum atomic E-state index is -0.393. The Hall–Kier alpha value is -0.570. The van der Waals surface area contributed by atoms with E-state index in [2.05, 4.69) is 32.3 Å². The molecule has 0 aliphatic rings. The summed E-state index contributed by atoms with van der Waals surface area (Å²) in [5.74, 6) is 1.03.